The highest BCUT2D eigenvalue weighted by atomic mass is 32.1. The van der Waals surface area contributed by atoms with Crippen LogP contribution in [-0.2, 0) is 0 Å². The second-order valence-corrected chi connectivity index (χ2v) is 12.0. The summed E-state index contributed by atoms with van der Waals surface area (Å²) in [4.78, 5) is 0. The number of rotatable bonds is 3. The van der Waals surface area contributed by atoms with Crippen molar-refractivity contribution in [3.8, 4) is 56.0 Å². The van der Waals surface area contributed by atoms with E-state index in [1.807, 2.05) is 11.3 Å². The molecule has 1 aromatic heterocycles. The lowest BCUT2D eigenvalue weighted by Crippen LogP contribution is -1.97. The Morgan fingerprint density at radius 1 is 0.381 bits per heavy atom. The summed E-state index contributed by atoms with van der Waals surface area (Å²) >= 11 is 1.87. The van der Waals surface area contributed by atoms with Crippen LogP contribution in [0.25, 0.3) is 75.5 Å². The van der Waals surface area contributed by atoms with Crippen LogP contribution in [0, 0.1) is 0 Å². The van der Waals surface area contributed by atoms with E-state index in [1.165, 1.54) is 69.9 Å². The number of benzene rings is 7. The second kappa shape index (κ2) is 9.17. The molecule has 7 aromatic carbocycles. The topological polar surface area (TPSA) is 9.23 Å². The van der Waals surface area contributed by atoms with Gasteiger partial charge in [-0.1, -0.05) is 97.1 Å². The van der Waals surface area contributed by atoms with E-state index in [9.17, 15) is 0 Å². The quantitative estimate of drug-likeness (QED) is 0.212. The minimum atomic E-state index is 0.902. The Morgan fingerprint density at radius 3 is 2.00 bits per heavy atom. The van der Waals surface area contributed by atoms with Crippen molar-refractivity contribution in [2.24, 2.45) is 0 Å². The molecule has 0 saturated carbocycles. The van der Waals surface area contributed by atoms with Crippen LogP contribution < -0.4 is 4.74 Å². The highest BCUT2D eigenvalue weighted by molar-refractivity contribution is 7.25. The Labute approximate surface area is 247 Å². The monoisotopic (exact) mass is 552 g/mol. The molecule has 9 rings (SSSR count). The molecule has 0 N–H and O–H groups in total. The van der Waals surface area contributed by atoms with Crippen molar-refractivity contribution in [2.45, 2.75) is 0 Å². The van der Waals surface area contributed by atoms with Gasteiger partial charge in [0.05, 0.1) is 0 Å². The summed E-state index contributed by atoms with van der Waals surface area (Å²) in [7, 11) is 0. The van der Waals surface area contributed by atoms with Crippen molar-refractivity contribution in [3.05, 3.63) is 146 Å². The summed E-state index contributed by atoms with van der Waals surface area (Å²) < 4.78 is 9.05. The molecule has 0 saturated heterocycles. The maximum atomic E-state index is 6.41. The molecule has 2 heterocycles. The minimum Gasteiger partial charge on any atom is -0.456 e. The van der Waals surface area contributed by atoms with E-state index >= 15 is 0 Å². The third-order valence-corrected chi connectivity index (χ3v) is 9.58. The summed E-state index contributed by atoms with van der Waals surface area (Å²) in [5.41, 5.74) is 9.64. The third-order valence-electron chi connectivity index (χ3n) is 8.44. The Hall–Kier alpha value is -5.18. The summed E-state index contributed by atoms with van der Waals surface area (Å²) in [6.07, 6.45) is 0. The first-order valence-corrected chi connectivity index (χ1v) is 15.1. The second-order valence-electron chi connectivity index (χ2n) is 10.9. The lowest BCUT2D eigenvalue weighted by molar-refractivity contribution is 0.487. The summed E-state index contributed by atoms with van der Waals surface area (Å²) in [6, 6.07) is 52.6. The van der Waals surface area contributed by atoms with Crippen molar-refractivity contribution < 1.29 is 4.74 Å². The predicted molar refractivity (Wildman–Crippen MR) is 179 cm³/mol. The van der Waals surface area contributed by atoms with Crippen LogP contribution in [0.2, 0.25) is 0 Å². The summed E-state index contributed by atoms with van der Waals surface area (Å²) in [5, 5.41) is 5.03. The van der Waals surface area contributed by atoms with E-state index in [4.69, 9.17) is 4.74 Å². The highest BCUT2D eigenvalue weighted by Gasteiger charge is 2.21. The lowest BCUT2D eigenvalue weighted by Gasteiger charge is -2.22. The molecule has 0 bridgehead atoms. The van der Waals surface area contributed by atoms with Gasteiger partial charge in [-0.2, -0.15) is 0 Å². The van der Waals surface area contributed by atoms with Crippen LogP contribution >= 0.6 is 11.3 Å². The predicted octanol–water partition coefficient (Wildman–Crippen LogP) is 12.0. The van der Waals surface area contributed by atoms with E-state index in [2.05, 4.69) is 146 Å². The van der Waals surface area contributed by atoms with Gasteiger partial charge in [0.15, 0.2) is 0 Å². The van der Waals surface area contributed by atoms with Gasteiger partial charge in [-0.25, -0.2) is 0 Å². The van der Waals surface area contributed by atoms with Gasteiger partial charge < -0.3 is 4.74 Å². The van der Waals surface area contributed by atoms with E-state index < -0.39 is 0 Å². The Bertz CT molecular complexity index is 2320. The third kappa shape index (κ3) is 3.62. The van der Waals surface area contributed by atoms with Crippen molar-refractivity contribution in [1.82, 2.24) is 0 Å². The van der Waals surface area contributed by atoms with Gasteiger partial charge in [0.1, 0.15) is 11.5 Å². The van der Waals surface area contributed by atoms with Gasteiger partial charge in [0.2, 0.25) is 0 Å². The molecule has 0 atom stereocenters. The largest absolute Gasteiger partial charge is 0.456 e. The van der Waals surface area contributed by atoms with Gasteiger partial charge in [-0.3, -0.25) is 0 Å². The van der Waals surface area contributed by atoms with Gasteiger partial charge in [-0.15, -0.1) is 11.3 Å². The van der Waals surface area contributed by atoms with E-state index in [0.717, 1.165) is 17.1 Å². The molecule has 0 fully saturated rings. The van der Waals surface area contributed by atoms with E-state index in [1.54, 1.807) is 0 Å². The fourth-order valence-electron chi connectivity index (χ4n) is 6.51. The number of hydrogen-bond acceptors (Lipinski definition) is 2. The molecule has 2 heteroatoms. The zero-order valence-corrected chi connectivity index (χ0v) is 23.5. The maximum Gasteiger partial charge on any atom is 0.135 e. The number of thiophene rings is 1. The summed E-state index contributed by atoms with van der Waals surface area (Å²) in [6.45, 7) is 0. The number of fused-ring (bicyclic) bond motifs is 5. The number of ether oxygens (including phenoxy) is 1. The lowest BCUT2D eigenvalue weighted by atomic mass is 9.89. The average molecular weight is 553 g/mol. The maximum absolute atomic E-state index is 6.41. The Kier molecular flexibility index (Phi) is 5.13. The van der Waals surface area contributed by atoms with Gasteiger partial charge >= 0.3 is 0 Å². The molecular formula is C40H24OS. The van der Waals surface area contributed by atoms with Gasteiger partial charge in [0.25, 0.3) is 0 Å². The highest BCUT2D eigenvalue weighted by Crippen LogP contribution is 2.48. The van der Waals surface area contributed by atoms with Gasteiger partial charge in [-0.05, 0) is 92.9 Å². The van der Waals surface area contributed by atoms with Crippen LogP contribution in [0.1, 0.15) is 0 Å². The Balaban J connectivity index is 1.28. The molecule has 0 unspecified atom stereocenters. The molecular weight excluding hydrogens is 529 g/mol. The normalized spacial score (nSPS) is 12.0. The summed E-state index contributed by atoms with van der Waals surface area (Å²) in [5.74, 6) is 1.83. The fourth-order valence-corrected chi connectivity index (χ4v) is 7.64. The van der Waals surface area contributed by atoms with Crippen molar-refractivity contribution in [2.75, 3.05) is 0 Å². The average Bonchev–Trinajstić information content (AvgIpc) is 3.44. The minimum absolute atomic E-state index is 0.902. The van der Waals surface area contributed by atoms with Crippen LogP contribution in [-0.4, -0.2) is 0 Å². The molecule has 0 aliphatic carbocycles. The first kappa shape index (κ1) is 23.5. The zero-order valence-electron chi connectivity index (χ0n) is 22.7. The molecule has 1 nitrogen and oxygen atoms in total. The molecule has 1 aliphatic heterocycles. The standard InChI is InChI=1S/C40H24OS/c1-2-9-25(10-3-1)28-21-29(23-30(22-28)31-14-8-18-38-40(31)33-13-4-5-17-37(33)42-38)27-19-20-35-34(24-27)32-15-6-11-26-12-7-16-36(41-35)39(26)32/h1-24H. The molecule has 8 aromatic rings. The Morgan fingerprint density at radius 2 is 1.10 bits per heavy atom. The first-order valence-electron chi connectivity index (χ1n) is 14.3. The smallest absolute Gasteiger partial charge is 0.135 e. The fraction of sp³-hybridized carbons (Fsp3) is 0. The van der Waals surface area contributed by atoms with E-state index in [0.29, 0.717) is 0 Å². The van der Waals surface area contributed by atoms with Crippen molar-refractivity contribution in [1.29, 1.82) is 0 Å². The molecule has 1 aliphatic rings. The zero-order chi connectivity index (χ0) is 27.6. The van der Waals surface area contributed by atoms with Crippen LogP contribution in [0.15, 0.2) is 146 Å². The van der Waals surface area contributed by atoms with Gasteiger partial charge in [0, 0.05) is 31.1 Å². The molecule has 42 heavy (non-hydrogen) atoms. The molecule has 196 valence electrons. The molecule has 0 radical (unpaired) electrons. The van der Waals surface area contributed by atoms with Crippen LogP contribution in [0.5, 0.6) is 11.5 Å². The van der Waals surface area contributed by atoms with Crippen LogP contribution in [0.4, 0.5) is 0 Å². The van der Waals surface area contributed by atoms with Crippen molar-refractivity contribution >= 4 is 42.3 Å². The molecule has 0 amide bonds. The SMILES string of the molecule is c1ccc(-c2cc(-c3ccc4c(c3)-c3cccc5cccc(c35)O4)cc(-c3cccc4sc5ccccc5c34)c2)cc1. The van der Waals surface area contributed by atoms with Crippen LogP contribution in [0.3, 0.4) is 0 Å². The number of hydrogen-bond donors (Lipinski definition) is 0. The van der Waals surface area contributed by atoms with E-state index in [-0.39, 0.29) is 0 Å². The van der Waals surface area contributed by atoms with Crippen molar-refractivity contribution in [3.63, 3.8) is 0 Å². The first-order chi connectivity index (χ1) is 20.8. The molecule has 0 spiro atoms.